The van der Waals surface area contributed by atoms with Crippen LogP contribution in [-0.4, -0.2) is 93.5 Å². The fourth-order valence-electron chi connectivity index (χ4n) is 3.72. The van der Waals surface area contributed by atoms with E-state index in [0.29, 0.717) is 0 Å². The summed E-state index contributed by atoms with van der Waals surface area (Å²) in [5.74, 6) is -77.9. The molecule has 312 valence electrons. The summed E-state index contributed by atoms with van der Waals surface area (Å²) in [6.45, 7) is 0. The van der Waals surface area contributed by atoms with E-state index in [1.807, 2.05) is 0 Å². The number of allylic oxidation sites excluding steroid dienone is 2. The van der Waals surface area contributed by atoms with Gasteiger partial charge in [-0.05, 0) is 0 Å². The Balaban J connectivity index is 2.68. The molecule has 0 amide bonds. The Bertz CT molecular complexity index is 1370. The van der Waals surface area contributed by atoms with Gasteiger partial charge >= 0.3 is 95.7 Å². The van der Waals surface area contributed by atoms with Gasteiger partial charge in [0.25, 0.3) is 0 Å². The number of ether oxygens (including phenoxy) is 1. The summed E-state index contributed by atoms with van der Waals surface area (Å²) in [5.41, 5.74) is 0. The van der Waals surface area contributed by atoms with Crippen LogP contribution in [-0.2, 0) is 4.74 Å². The van der Waals surface area contributed by atoms with Crippen molar-refractivity contribution in [2.24, 2.45) is 0 Å². The van der Waals surface area contributed by atoms with Crippen LogP contribution in [0, 0.1) is 0 Å². The first-order valence-corrected chi connectivity index (χ1v) is 11.3. The van der Waals surface area contributed by atoms with Gasteiger partial charge in [0.1, 0.15) is 0 Å². The van der Waals surface area contributed by atoms with E-state index >= 15 is 0 Å². The third-order valence-electron chi connectivity index (χ3n) is 6.60. The van der Waals surface area contributed by atoms with Crippen molar-refractivity contribution in [3.63, 3.8) is 0 Å². The molecular weight excluding hydrogens is 868 g/mol. The van der Waals surface area contributed by atoms with Gasteiger partial charge in [0.2, 0.25) is 11.7 Å². The van der Waals surface area contributed by atoms with Crippen LogP contribution in [0.3, 0.4) is 0 Å². The van der Waals surface area contributed by atoms with Crippen LogP contribution in [0.1, 0.15) is 0 Å². The number of rotatable bonds is 10. The van der Waals surface area contributed by atoms with Crippen molar-refractivity contribution in [1.82, 2.24) is 9.80 Å². The summed E-state index contributed by atoms with van der Waals surface area (Å²) < 4.78 is 436. The molecule has 2 saturated heterocycles. The zero-order valence-electron chi connectivity index (χ0n) is 22.4. The van der Waals surface area contributed by atoms with Crippen LogP contribution in [0.2, 0.25) is 0 Å². The highest BCUT2D eigenvalue weighted by atomic mass is 19.4. The first-order valence-electron chi connectivity index (χ1n) is 11.3. The Morgan fingerprint density at radius 2 is 0.509 bits per heavy atom. The van der Waals surface area contributed by atoms with Gasteiger partial charge in [-0.1, -0.05) is 0 Å². The van der Waals surface area contributed by atoms with Crippen molar-refractivity contribution in [3.8, 4) is 0 Å². The standard InChI is InChI=1S/C18F32N2O/c19-1(5(23,24)7(27,28)13(39,40)51-15(43,44)9(31,32)10(33,34)16(51,45)46)3(21)53-4(22)2(20)6(25,26)8(29,30)14(41,42)52-17(47,48)11(35,36)12(37,38)18(52,49)50. The molecule has 0 aliphatic carbocycles. The predicted octanol–water partition coefficient (Wildman–Crippen LogP) is 10.5. The number of hydrogen-bond acceptors (Lipinski definition) is 3. The van der Waals surface area contributed by atoms with Crippen LogP contribution in [0.5, 0.6) is 0 Å². The summed E-state index contributed by atoms with van der Waals surface area (Å²) in [6, 6.07) is -60.5. The lowest BCUT2D eigenvalue weighted by molar-refractivity contribution is -0.432. The second kappa shape index (κ2) is 11.3. The van der Waals surface area contributed by atoms with Crippen LogP contribution in [0.25, 0.3) is 0 Å². The van der Waals surface area contributed by atoms with E-state index in [0.717, 1.165) is 0 Å². The molecule has 3 nitrogen and oxygen atoms in total. The minimum Gasteiger partial charge on any atom is -0.400 e. The highest BCUT2D eigenvalue weighted by Crippen LogP contribution is 2.70. The van der Waals surface area contributed by atoms with Gasteiger partial charge in [0.05, 0.1) is 0 Å². The smallest absolute Gasteiger partial charge is 0.394 e. The molecule has 2 aliphatic rings. The fraction of sp³-hybridized carbons (Fsp3) is 0.778. The van der Waals surface area contributed by atoms with Crippen LogP contribution in [0.4, 0.5) is 140 Å². The Kier molecular flexibility index (Phi) is 9.81. The molecule has 0 radical (unpaired) electrons. The molecule has 0 spiro atoms. The molecule has 0 aromatic carbocycles. The normalized spacial score (nSPS) is 26.6. The summed E-state index contributed by atoms with van der Waals surface area (Å²) in [5, 5.41) is 0. The number of hydrogen-bond donors (Lipinski definition) is 0. The molecule has 0 saturated carbocycles. The van der Waals surface area contributed by atoms with Gasteiger partial charge in [-0.2, -0.15) is 140 Å². The summed E-state index contributed by atoms with van der Waals surface area (Å²) in [4.78, 5) is -9.43. The zero-order valence-corrected chi connectivity index (χ0v) is 22.4. The average Bonchev–Trinajstić information content (AvgIpc) is 3.06. The zero-order chi connectivity index (χ0) is 43.2. The average molecular weight is 868 g/mol. The first kappa shape index (κ1) is 46.1. The van der Waals surface area contributed by atoms with E-state index in [1.165, 1.54) is 0 Å². The Morgan fingerprint density at radius 1 is 0.340 bits per heavy atom. The number of nitrogens with zero attached hydrogens (tertiary/aromatic N) is 2. The molecule has 2 rings (SSSR count). The van der Waals surface area contributed by atoms with E-state index in [2.05, 4.69) is 0 Å². The van der Waals surface area contributed by atoms with Crippen molar-refractivity contribution < 1.29 is 145 Å². The minimum atomic E-state index is -8.87. The van der Waals surface area contributed by atoms with Crippen LogP contribution in [0.15, 0.2) is 23.7 Å². The second-order valence-electron chi connectivity index (χ2n) is 9.79. The maximum absolute atomic E-state index is 13.9. The molecule has 35 heteroatoms. The highest BCUT2D eigenvalue weighted by Gasteiger charge is 3.00. The molecule has 0 unspecified atom stereocenters. The summed E-state index contributed by atoms with van der Waals surface area (Å²) >= 11 is 0. The maximum Gasteiger partial charge on any atom is 0.394 e. The molecular formula is C18F32N2O. The van der Waals surface area contributed by atoms with E-state index < -0.39 is 117 Å². The molecule has 53 heavy (non-hydrogen) atoms. The van der Waals surface area contributed by atoms with E-state index in [-0.39, 0.29) is 0 Å². The Morgan fingerprint density at radius 3 is 0.679 bits per heavy atom. The molecule has 0 aromatic rings. The molecule has 2 heterocycles. The molecule has 2 aliphatic heterocycles. The van der Waals surface area contributed by atoms with Crippen molar-refractivity contribution in [2.45, 2.75) is 83.7 Å². The van der Waals surface area contributed by atoms with Crippen LogP contribution < -0.4 is 0 Å². The Labute approximate surface area is 263 Å². The van der Waals surface area contributed by atoms with Gasteiger partial charge < -0.3 is 4.74 Å². The van der Waals surface area contributed by atoms with Gasteiger partial charge in [0.15, 0.2) is 0 Å². The third-order valence-corrected chi connectivity index (χ3v) is 6.60. The highest BCUT2D eigenvalue weighted by molar-refractivity contribution is 5.23. The largest absolute Gasteiger partial charge is 0.400 e. The molecule has 2 fully saturated rings. The van der Waals surface area contributed by atoms with Crippen molar-refractivity contribution in [2.75, 3.05) is 0 Å². The molecule has 0 atom stereocenters. The topological polar surface area (TPSA) is 15.7 Å². The second-order valence-corrected chi connectivity index (χ2v) is 9.79. The van der Waals surface area contributed by atoms with Gasteiger partial charge in [0, 0.05) is 0 Å². The molecule has 0 aromatic heterocycles. The number of likely N-dealkylation sites (tertiary alicyclic amines) is 2. The summed E-state index contributed by atoms with van der Waals surface area (Å²) in [7, 11) is 0. The summed E-state index contributed by atoms with van der Waals surface area (Å²) in [6.07, 6.45) is 0. The molecule has 0 bridgehead atoms. The number of alkyl halides is 28. The van der Waals surface area contributed by atoms with Crippen molar-refractivity contribution >= 4 is 0 Å². The predicted molar refractivity (Wildman–Crippen MR) is 92.5 cm³/mol. The number of halogens is 32. The lowest BCUT2D eigenvalue weighted by Crippen LogP contribution is -2.69. The van der Waals surface area contributed by atoms with Crippen molar-refractivity contribution in [3.05, 3.63) is 23.7 Å². The van der Waals surface area contributed by atoms with E-state index in [9.17, 15) is 140 Å². The van der Waals surface area contributed by atoms with Gasteiger partial charge in [-0.3, -0.25) is 0 Å². The van der Waals surface area contributed by atoms with Crippen molar-refractivity contribution in [1.29, 1.82) is 0 Å². The minimum absolute atomic E-state index is 1.77. The Hall–Kier alpha value is -3.04. The lowest BCUT2D eigenvalue weighted by Gasteiger charge is -2.40. The van der Waals surface area contributed by atoms with Gasteiger partial charge in [-0.15, -0.1) is 9.80 Å². The monoisotopic (exact) mass is 868 g/mol. The fourth-order valence-corrected chi connectivity index (χ4v) is 3.72. The first-order chi connectivity index (χ1) is 22.6. The van der Waals surface area contributed by atoms with Crippen LogP contribution >= 0.6 is 0 Å². The van der Waals surface area contributed by atoms with E-state index in [4.69, 9.17) is 0 Å². The SMILES string of the molecule is FC(OC(F)=C(F)C(F)(F)C(F)(F)C(F)(F)N1C(F)(F)C(F)(F)C(F)(F)C1(F)F)=C(F)C(F)(F)C(F)(F)C(F)(F)N1C(F)(F)C(F)(F)C(F)(F)C1(F)F. The van der Waals surface area contributed by atoms with Gasteiger partial charge in [-0.25, -0.2) is 0 Å². The van der Waals surface area contributed by atoms with E-state index in [1.54, 1.807) is 4.74 Å². The third kappa shape index (κ3) is 5.00. The quantitative estimate of drug-likeness (QED) is 0.124. The molecule has 0 N–H and O–H groups in total. The maximum atomic E-state index is 13.9. The lowest BCUT2D eigenvalue weighted by atomic mass is 10.1.